The van der Waals surface area contributed by atoms with Crippen molar-refractivity contribution in [2.45, 2.75) is 37.9 Å². The second-order valence-corrected chi connectivity index (χ2v) is 8.71. The smallest absolute Gasteiger partial charge is 0.252 e. The average Bonchev–Trinajstić information content (AvgIpc) is 2.82. The molecule has 0 aliphatic heterocycles. The molecule has 0 bridgehead atoms. The lowest BCUT2D eigenvalue weighted by Crippen LogP contribution is -2.48. The SMILES string of the molecule is CCN(C[C@@H](NC)C(C)(C)C)S(=O)(=O)c1cccs1. The summed E-state index contributed by atoms with van der Waals surface area (Å²) in [5, 5.41) is 5.01. The topological polar surface area (TPSA) is 49.4 Å². The Morgan fingerprint density at radius 3 is 2.42 bits per heavy atom. The van der Waals surface area contributed by atoms with Gasteiger partial charge in [-0.3, -0.25) is 0 Å². The van der Waals surface area contributed by atoms with E-state index in [4.69, 9.17) is 0 Å². The molecule has 1 aromatic rings. The van der Waals surface area contributed by atoms with Crippen LogP contribution in [-0.2, 0) is 10.0 Å². The molecule has 0 unspecified atom stereocenters. The molecule has 0 fully saturated rings. The zero-order valence-electron chi connectivity index (χ0n) is 12.3. The number of hydrogen-bond donors (Lipinski definition) is 1. The summed E-state index contributed by atoms with van der Waals surface area (Å²) in [6.45, 7) is 9.17. The first-order valence-electron chi connectivity index (χ1n) is 6.44. The molecule has 0 aliphatic rings. The third kappa shape index (κ3) is 4.02. The summed E-state index contributed by atoms with van der Waals surface area (Å²) in [7, 11) is -1.48. The summed E-state index contributed by atoms with van der Waals surface area (Å²) < 4.78 is 27.0. The average molecular weight is 304 g/mol. The third-order valence-electron chi connectivity index (χ3n) is 3.22. The van der Waals surface area contributed by atoms with Gasteiger partial charge in [0.1, 0.15) is 4.21 Å². The van der Waals surface area contributed by atoms with Crippen molar-refractivity contribution in [3.8, 4) is 0 Å². The Labute approximate surface area is 120 Å². The maximum Gasteiger partial charge on any atom is 0.252 e. The minimum atomic E-state index is -3.36. The Bertz CT molecular complexity index is 475. The lowest BCUT2D eigenvalue weighted by atomic mass is 9.87. The van der Waals surface area contributed by atoms with Gasteiger partial charge in [0, 0.05) is 19.1 Å². The Morgan fingerprint density at radius 1 is 1.42 bits per heavy atom. The number of likely N-dealkylation sites (N-methyl/N-ethyl adjacent to an activating group) is 2. The summed E-state index contributed by atoms with van der Waals surface area (Å²) in [6.07, 6.45) is 0. The minimum absolute atomic E-state index is 0.00708. The van der Waals surface area contributed by atoms with Crippen molar-refractivity contribution in [1.29, 1.82) is 0 Å². The molecule has 1 heterocycles. The maximum absolute atomic E-state index is 12.5. The monoisotopic (exact) mass is 304 g/mol. The molecule has 1 atom stereocenters. The van der Waals surface area contributed by atoms with Gasteiger partial charge in [-0.2, -0.15) is 4.31 Å². The second-order valence-electron chi connectivity index (χ2n) is 5.60. The molecule has 1 N–H and O–H groups in total. The van der Waals surface area contributed by atoms with E-state index >= 15 is 0 Å². The van der Waals surface area contributed by atoms with Crippen LogP contribution in [0.5, 0.6) is 0 Å². The lowest BCUT2D eigenvalue weighted by Gasteiger charge is -2.34. The normalized spacial score (nSPS) is 14.8. The van der Waals surface area contributed by atoms with Gasteiger partial charge >= 0.3 is 0 Å². The van der Waals surface area contributed by atoms with Crippen molar-refractivity contribution < 1.29 is 8.42 Å². The van der Waals surface area contributed by atoms with E-state index in [-0.39, 0.29) is 11.5 Å². The van der Waals surface area contributed by atoms with Crippen LogP contribution in [0.15, 0.2) is 21.7 Å². The van der Waals surface area contributed by atoms with Crippen LogP contribution in [0, 0.1) is 5.41 Å². The van der Waals surface area contributed by atoms with Crippen LogP contribution < -0.4 is 5.32 Å². The first-order chi connectivity index (χ1) is 8.73. The quantitative estimate of drug-likeness (QED) is 0.878. The van der Waals surface area contributed by atoms with Crippen LogP contribution in [0.2, 0.25) is 0 Å². The molecular weight excluding hydrogens is 280 g/mol. The van der Waals surface area contributed by atoms with Gasteiger partial charge in [-0.25, -0.2) is 8.42 Å². The molecular formula is C13H24N2O2S2. The van der Waals surface area contributed by atoms with E-state index in [1.54, 1.807) is 21.8 Å². The summed E-state index contributed by atoms with van der Waals surface area (Å²) in [5.41, 5.74) is 0.00708. The number of rotatable bonds is 6. The molecule has 0 amide bonds. The van der Waals surface area contributed by atoms with E-state index in [1.165, 1.54) is 11.3 Å². The standard InChI is InChI=1S/C13H24N2O2S2/c1-6-15(10-11(14-5)13(2,3)4)19(16,17)12-8-7-9-18-12/h7-9,11,14H,6,10H2,1-5H3/t11-/m1/s1. The second kappa shape index (κ2) is 6.35. The summed E-state index contributed by atoms with van der Waals surface area (Å²) in [6, 6.07) is 3.54. The summed E-state index contributed by atoms with van der Waals surface area (Å²) >= 11 is 1.27. The van der Waals surface area contributed by atoms with E-state index in [0.29, 0.717) is 17.3 Å². The fraction of sp³-hybridized carbons (Fsp3) is 0.692. The fourth-order valence-electron chi connectivity index (χ4n) is 1.94. The van der Waals surface area contributed by atoms with E-state index < -0.39 is 10.0 Å². The van der Waals surface area contributed by atoms with Crippen molar-refractivity contribution in [3.63, 3.8) is 0 Å². The highest BCUT2D eigenvalue weighted by atomic mass is 32.2. The molecule has 110 valence electrons. The summed E-state index contributed by atoms with van der Waals surface area (Å²) in [4.78, 5) is 0. The van der Waals surface area contributed by atoms with Gasteiger partial charge in [0.05, 0.1) is 0 Å². The van der Waals surface area contributed by atoms with Gasteiger partial charge in [-0.1, -0.05) is 33.8 Å². The van der Waals surface area contributed by atoms with Crippen LogP contribution in [0.3, 0.4) is 0 Å². The predicted molar refractivity (Wildman–Crippen MR) is 81.1 cm³/mol. The lowest BCUT2D eigenvalue weighted by molar-refractivity contribution is 0.237. The molecule has 0 saturated heterocycles. The highest BCUT2D eigenvalue weighted by Crippen LogP contribution is 2.24. The number of sulfonamides is 1. The van der Waals surface area contributed by atoms with Crippen LogP contribution in [-0.4, -0.2) is 38.9 Å². The number of nitrogens with zero attached hydrogens (tertiary/aromatic N) is 1. The molecule has 0 saturated carbocycles. The largest absolute Gasteiger partial charge is 0.315 e. The zero-order chi connectivity index (χ0) is 14.7. The van der Waals surface area contributed by atoms with Gasteiger partial charge < -0.3 is 5.32 Å². The van der Waals surface area contributed by atoms with Gasteiger partial charge in [0.15, 0.2) is 0 Å². The fourth-order valence-corrected chi connectivity index (χ4v) is 4.54. The number of nitrogens with one attached hydrogen (secondary N) is 1. The Morgan fingerprint density at radius 2 is 2.05 bits per heavy atom. The molecule has 19 heavy (non-hydrogen) atoms. The van der Waals surface area contributed by atoms with E-state index in [0.717, 1.165) is 0 Å². The minimum Gasteiger partial charge on any atom is -0.315 e. The molecule has 0 radical (unpaired) electrons. The molecule has 6 heteroatoms. The van der Waals surface area contributed by atoms with E-state index in [9.17, 15) is 8.42 Å². The molecule has 0 aromatic carbocycles. The molecule has 0 aliphatic carbocycles. The van der Waals surface area contributed by atoms with Crippen molar-refractivity contribution in [1.82, 2.24) is 9.62 Å². The summed E-state index contributed by atoms with van der Waals surface area (Å²) in [5.74, 6) is 0. The third-order valence-corrected chi connectivity index (χ3v) is 6.54. The Kier molecular flexibility index (Phi) is 5.55. The molecule has 4 nitrogen and oxygen atoms in total. The van der Waals surface area contributed by atoms with Crippen molar-refractivity contribution >= 4 is 21.4 Å². The number of hydrogen-bond acceptors (Lipinski definition) is 4. The molecule has 1 aromatic heterocycles. The van der Waals surface area contributed by atoms with Gasteiger partial charge in [-0.05, 0) is 23.9 Å². The predicted octanol–water partition coefficient (Wildman–Crippen LogP) is 2.39. The first-order valence-corrected chi connectivity index (χ1v) is 8.76. The van der Waals surface area contributed by atoms with Crippen molar-refractivity contribution in [2.24, 2.45) is 5.41 Å². The highest BCUT2D eigenvalue weighted by Gasteiger charge is 2.31. The van der Waals surface area contributed by atoms with Gasteiger partial charge in [-0.15, -0.1) is 11.3 Å². The van der Waals surface area contributed by atoms with Crippen molar-refractivity contribution in [2.75, 3.05) is 20.1 Å². The van der Waals surface area contributed by atoms with Crippen LogP contribution >= 0.6 is 11.3 Å². The van der Waals surface area contributed by atoms with E-state index in [2.05, 4.69) is 26.1 Å². The van der Waals surface area contributed by atoms with E-state index in [1.807, 2.05) is 14.0 Å². The maximum atomic E-state index is 12.5. The van der Waals surface area contributed by atoms with Gasteiger partial charge in [0.2, 0.25) is 0 Å². The van der Waals surface area contributed by atoms with Crippen LogP contribution in [0.1, 0.15) is 27.7 Å². The molecule has 1 rings (SSSR count). The zero-order valence-corrected chi connectivity index (χ0v) is 13.9. The Hall–Kier alpha value is -0.430. The van der Waals surface area contributed by atoms with Crippen molar-refractivity contribution in [3.05, 3.63) is 17.5 Å². The van der Waals surface area contributed by atoms with Crippen LogP contribution in [0.4, 0.5) is 0 Å². The highest BCUT2D eigenvalue weighted by molar-refractivity contribution is 7.91. The molecule has 0 spiro atoms. The first kappa shape index (κ1) is 16.6. The van der Waals surface area contributed by atoms with Crippen LogP contribution in [0.25, 0.3) is 0 Å². The number of thiophene rings is 1. The Balaban J connectivity index is 2.96. The van der Waals surface area contributed by atoms with Gasteiger partial charge in [0.25, 0.3) is 10.0 Å².